The van der Waals surface area contributed by atoms with Gasteiger partial charge >= 0.3 is 0 Å². The van der Waals surface area contributed by atoms with Crippen molar-refractivity contribution < 1.29 is 9.59 Å². The van der Waals surface area contributed by atoms with Crippen molar-refractivity contribution in [1.82, 2.24) is 4.90 Å². The van der Waals surface area contributed by atoms with Gasteiger partial charge in [-0.2, -0.15) is 5.26 Å². The molecule has 5 heteroatoms. The molecular formula is C22H21N3O2. The van der Waals surface area contributed by atoms with Gasteiger partial charge in [0.2, 0.25) is 5.91 Å². The first kappa shape index (κ1) is 17.3. The molecule has 2 fully saturated rings. The van der Waals surface area contributed by atoms with Crippen LogP contribution < -0.4 is 4.90 Å². The van der Waals surface area contributed by atoms with Crippen LogP contribution in [0.3, 0.4) is 0 Å². The molecule has 2 aromatic rings. The van der Waals surface area contributed by atoms with Crippen LogP contribution in [0.15, 0.2) is 48.5 Å². The highest BCUT2D eigenvalue weighted by Gasteiger charge is 2.48. The molecule has 0 saturated carbocycles. The van der Waals surface area contributed by atoms with Crippen LogP contribution in [-0.4, -0.2) is 36.3 Å². The number of likely N-dealkylation sites (tertiary alicyclic amines) is 1. The molecule has 0 radical (unpaired) electrons. The van der Waals surface area contributed by atoms with Gasteiger partial charge in [0.05, 0.1) is 11.6 Å². The van der Waals surface area contributed by atoms with Gasteiger partial charge in [-0.25, -0.2) is 0 Å². The third-order valence-electron chi connectivity index (χ3n) is 5.73. The predicted molar refractivity (Wildman–Crippen MR) is 102 cm³/mol. The van der Waals surface area contributed by atoms with Crippen molar-refractivity contribution in [2.24, 2.45) is 5.41 Å². The number of nitriles is 1. The molecule has 0 N–H and O–H groups in total. The number of hydrogen-bond acceptors (Lipinski definition) is 3. The number of aryl methyl sites for hydroxylation is 1. The lowest BCUT2D eigenvalue weighted by Crippen LogP contribution is -2.34. The summed E-state index contributed by atoms with van der Waals surface area (Å²) in [5.41, 5.74) is 2.94. The molecule has 2 heterocycles. The summed E-state index contributed by atoms with van der Waals surface area (Å²) in [4.78, 5) is 29.2. The first-order chi connectivity index (χ1) is 13.0. The van der Waals surface area contributed by atoms with E-state index < -0.39 is 0 Å². The van der Waals surface area contributed by atoms with Gasteiger partial charge in [-0.3, -0.25) is 9.59 Å². The summed E-state index contributed by atoms with van der Waals surface area (Å²) in [5.74, 6) is 0.138. The second kappa shape index (κ2) is 6.55. The van der Waals surface area contributed by atoms with Crippen LogP contribution in [0.4, 0.5) is 5.69 Å². The van der Waals surface area contributed by atoms with Crippen LogP contribution in [-0.2, 0) is 4.79 Å². The zero-order valence-electron chi connectivity index (χ0n) is 15.3. The maximum atomic E-state index is 12.9. The molecule has 1 atom stereocenters. The summed E-state index contributed by atoms with van der Waals surface area (Å²) in [7, 11) is 0. The van der Waals surface area contributed by atoms with Crippen LogP contribution in [0.2, 0.25) is 0 Å². The molecule has 136 valence electrons. The summed E-state index contributed by atoms with van der Waals surface area (Å²) in [6, 6.07) is 16.8. The Balaban J connectivity index is 1.51. The SMILES string of the molecule is Cc1ccccc1C(=O)N1CCC2(CC(=O)N(c3ccc(C#N)cc3)C2)C1. The highest BCUT2D eigenvalue weighted by Crippen LogP contribution is 2.42. The van der Waals surface area contributed by atoms with E-state index in [1.807, 2.05) is 48.2 Å². The molecule has 1 unspecified atom stereocenters. The number of anilines is 1. The van der Waals surface area contributed by atoms with Gasteiger partial charge in [-0.15, -0.1) is 0 Å². The zero-order valence-corrected chi connectivity index (χ0v) is 15.3. The van der Waals surface area contributed by atoms with E-state index in [1.54, 1.807) is 17.0 Å². The lowest BCUT2D eigenvalue weighted by atomic mass is 9.86. The molecule has 2 saturated heterocycles. The molecule has 2 amide bonds. The van der Waals surface area contributed by atoms with E-state index in [0.29, 0.717) is 31.6 Å². The Bertz CT molecular complexity index is 945. The van der Waals surface area contributed by atoms with E-state index in [2.05, 4.69) is 6.07 Å². The van der Waals surface area contributed by atoms with E-state index in [1.165, 1.54) is 0 Å². The van der Waals surface area contributed by atoms with Crippen molar-refractivity contribution in [3.63, 3.8) is 0 Å². The number of carbonyl (C=O) groups is 2. The molecule has 0 bridgehead atoms. The average molecular weight is 359 g/mol. The summed E-state index contributed by atoms with van der Waals surface area (Å²) < 4.78 is 0. The van der Waals surface area contributed by atoms with Gasteiger partial charge in [-0.05, 0) is 49.2 Å². The lowest BCUT2D eigenvalue weighted by Gasteiger charge is -2.24. The fraction of sp³-hybridized carbons (Fsp3) is 0.318. The third kappa shape index (κ3) is 3.08. The Labute approximate surface area is 158 Å². The number of amides is 2. The van der Waals surface area contributed by atoms with Crippen molar-refractivity contribution in [2.75, 3.05) is 24.5 Å². The minimum atomic E-state index is -0.177. The fourth-order valence-corrected chi connectivity index (χ4v) is 4.21. The Kier molecular flexibility index (Phi) is 4.19. The maximum absolute atomic E-state index is 12.9. The molecule has 0 aliphatic carbocycles. The molecule has 4 rings (SSSR count). The Morgan fingerprint density at radius 3 is 2.56 bits per heavy atom. The summed E-state index contributed by atoms with van der Waals surface area (Å²) >= 11 is 0. The van der Waals surface area contributed by atoms with E-state index in [9.17, 15) is 9.59 Å². The molecule has 0 aromatic heterocycles. The van der Waals surface area contributed by atoms with Crippen molar-refractivity contribution in [3.05, 3.63) is 65.2 Å². The molecular weight excluding hydrogens is 338 g/mol. The maximum Gasteiger partial charge on any atom is 0.254 e. The number of carbonyl (C=O) groups excluding carboxylic acids is 2. The number of rotatable bonds is 2. The Morgan fingerprint density at radius 2 is 1.85 bits per heavy atom. The van der Waals surface area contributed by atoms with Crippen LogP contribution in [0, 0.1) is 23.7 Å². The second-order valence-electron chi connectivity index (χ2n) is 7.61. The molecule has 5 nitrogen and oxygen atoms in total. The molecule has 27 heavy (non-hydrogen) atoms. The predicted octanol–water partition coefficient (Wildman–Crippen LogP) is 3.14. The van der Waals surface area contributed by atoms with Crippen LogP contribution >= 0.6 is 0 Å². The standard InChI is InChI=1S/C22H21N3O2/c1-16-4-2-3-5-19(16)21(27)24-11-10-22(14-24)12-20(26)25(15-22)18-8-6-17(13-23)7-9-18/h2-9H,10-12,14-15H2,1H3. The Morgan fingerprint density at radius 1 is 1.11 bits per heavy atom. The zero-order chi connectivity index (χ0) is 19.0. The van der Waals surface area contributed by atoms with Gasteiger partial charge in [0, 0.05) is 42.7 Å². The Hall–Kier alpha value is -3.13. The smallest absolute Gasteiger partial charge is 0.254 e. The molecule has 2 aliphatic rings. The highest BCUT2D eigenvalue weighted by atomic mass is 16.2. The van der Waals surface area contributed by atoms with Crippen molar-refractivity contribution in [2.45, 2.75) is 19.8 Å². The van der Waals surface area contributed by atoms with Gasteiger partial charge < -0.3 is 9.80 Å². The summed E-state index contributed by atoms with van der Waals surface area (Å²) in [5, 5.41) is 8.94. The minimum Gasteiger partial charge on any atom is -0.338 e. The molecule has 1 spiro atoms. The lowest BCUT2D eigenvalue weighted by molar-refractivity contribution is -0.117. The summed E-state index contributed by atoms with van der Waals surface area (Å²) in [6.07, 6.45) is 1.30. The van der Waals surface area contributed by atoms with Crippen LogP contribution in [0.25, 0.3) is 0 Å². The largest absolute Gasteiger partial charge is 0.338 e. The van der Waals surface area contributed by atoms with Gasteiger partial charge in [-0.1, -0.05) is 18.2 Å². The van der Waals surface area contributed by atoms with Crippen LogP contribution in [0.5, 0.6) is 0 Å². The fourth-order valence-electron chi connectivity index (χ4n) is 4.21. The van der Waals surface area contributed by atoms with E-state index in [0.717, 1.165) is 23.2 Å². The first-order valence-corrected chi connectivity index (χ1v) is 9.17. The van der Waals surface area contributed by atoms with Crippen molar-refractivity contribution in [1.29, 1.82) is 5.26 Å². The summed E-state index contributed by atoms with van der Waals surface area (Å²) in [6.45, 7) is 3.86. The second-order valence-corrected chi connectivity index (χ2v) is 7.61. The number of hydrogen-bond donors (Lipinski definition) is 0. The van der Waals surface area contributed by atoms with Gasteiger partial charge in [0.15, 0.2) is 0 Å². The van der Waals surface area contributed by atoms with Crippen molar-refractivity contribution >= 4 is 17.5 Å². The first-order valence-electron chi connectivity index (χ1n) is 9.17. The van der Waals surface area contributed by atoms with Gasteiger partial charge in [0.1, 0.15) is 0 Å². The quantitative estimate of drug-likeness (QED) is 0.827. The monoisotopic (exact) mass is 359 g/mol. The third-order valence-corrected chi connectivity index (χ3v) is 5.73. The van der Waals surface area contributed by atoms with E-state index in [4.69, 9.17) is 5.26 Å². The van der Waals surface area contributed by atoms with E-state index in [-0.39, 0.29) is 17.2 Å². The minimum absolute atomic E-state index is 0.0502. The molecule has 2 aromatic carbocycles. The normalized spacial score (nSPS) is 21.7. The number of nitrogens with zero attached hydrogens (tertiary/aromatic N) is 3. The average Bonchev–Trinajstić information content (AvgIpc) is 3.24. The van der Waals surface area contributed by atoms with Gasteiger partial charge in [0.25, 0.3) is 5.91 Å². The number of benzene rings is 2. The van der Waals surface area contributed by atoms with Crippen molar-refractivity contribution in [3.8, 4) is 6.07 Å². The molecule has 2 aliphatic heterocycles. The van der Waals surface area contributed by atoms with Crippen LogP contribution in [0.1, 0.15) is 34.3 Å². The van der Waals surface area contributed by atoms with E-state index >= 15 is 0 Å². The highest BCUT2D eigenvalue weighted by molar-refractivity contribution is 5.98. The topological polar surface area (TPSA) is 64.4 Å².